The quantitative estimate of drug-likeness (QED) is 0.647. The number of rotatable bonds is 9. The molecule has 0 heterocycles. The van der Waals surface area contributed by atoms with Gasteiger partial charge in [0.05, 0.1) is 22.8 Å². The van der Waals surface area contributed by atoms with Crippen molar-refractivity contribution < 1.29 is 17.6 Å². The first-order valence-corrected chi connectivity index (χ1v) is 10.8. The Labute approximate surface area is 171 Å². The summed E-state index contributed by atoms with van der Waals surface area (Å²) in [5.41, 5.74) is 1.99. The van der Waals surface area contributed by atoms with Gasteiger partial charge in [0.1, 0.15) is 5.82 Å². The molecule has 2 aromatic carbocycles. The molecular weight excluding hydrogens is 395 g/mol. The first-order valence-electron chi connectivity index (χ1n) is 9.28. The van der Waals surface area contributed by atoms with Crippen molar-refractivity contribution in [3.8, 4) is 0 Å². The molecule has 1 amide bonds. The van der Waals surface area contributed by atoms with E-state index < -0.39 is 10.0 Å². The number of anilines is 2. The fourth-order valence-corrected chi connectivity index (χ4v) is 3.56. The van der Waals surface area contributed by atoms with Crippen LogP contribution in [-0.2, 0) is 21.4 Å². The van der Waals surface area contributed by atoms with Gasteiger partial charge in [0, 0.05) is 19.6 Å². The molecule has 0 bridgehead atoms. The summed E-state index contributed by atoms with van der Waals surface area (Å²) in [4.78, 5) is 16.3. The number of primary sulfonamides is 1. The summed E-state index contributed by atoms with van der Waals surface area (Å²) in [6, 6.07) is 10.5. The van der Waals surface area contributed by atoms with E-state index in [0.717, 1.165) is 11.3 Å². The highest BCUT2D eigenvalue weighted by Gasteiger charge is 2.17. The van der Waals surface area contributed by atoms with E-state index in [9.17, 15) is 17.6 Å². The van der Waals surface area contributed by atoms with Gasteiger partial charge < -0.3 is 10.2 Å². The Morgan fingerprint density at radius 3 is 2.28 bits per heavy atom. The normalized spacial score (nSPS) is 11.5. The topological polar surface area (TPSA) is 95.7 Å². The number of halogens is 1. The Hall–Kier alpha value is -2.49. The van der Waals surface area contributed by atoms with Crippen LogP contribution in [-0.4, -0.2) is 45.9 Å². The zero-order valence-corrected chi connectivity index (χ0v) is 17.7. The highest BCUT2D eigenvalue weighted by atomic mass is 32.2. The van der Waals surface area contributed by atoms with Crippen molar-refractivity contribution in [1.29, 1.82) is 0 Å². The second kappa shape index (κ2) is 9.82. The molecule has 0 aliphatic carbocycles. The van der Waals surface area contributed by atoms with Gasteiger partial charge in [0.2, 0.25) is 15.9 Å². The number of nitrogens with two attached hydrogens (primary N) is 1. The van der Waals surface area contributed by atoms with Crippen molar-refractivity contribution in [2.24, 2.45) is 5.14 Å². The summed E-state index contributed by atoms with van der Waals surface area (Å²) in [6.45, 7) is 5.87. The van der Waals surface area contributed by atoms with Gasteiger partial charge in [-0.05, 0) is 56.8 Å². The van der Waals surface area contributed by atoms with E-state index in [2.05, 4.69) is 5.32 Å². The molecule has 0 atom stereocenters. The maximum Gasteiger partial charge on any atom is 0.238 e. The molecular formula is C20H27FN4O3S. The third-order valence-electron chi connectivity index (χ3n) is 4.45. The Morgan fingerprint density at radius 1 is 1.10 bits per heavy atom. The number of sulfonamides is 1. The Balaban J connectivity index is 2.17. The lowest BCUT2D eigenvalue weighted by atomic mass is 10.2. The van der Waals surface area contributed by atoms with E-state index >= 15 is 0 Å². The van der Waals surface area contributed by atoms with Gasteiger partial charge in [0.15, 0.2) is 0 Å². The van der Waals surface area contributed by atoms with Crippen LogP contribution in [0.3, 0.4) is 0 Å². The minimum atomic E-state index is -3.90. The highest BCUT2D eigenvalue weighted by Crippen LogP contribution is 2.28. The average molecular weight is 423 g/mol. The van der Waals surface area contributed by atoms with Gasteiger partial charge in [0.25, 0.3) is 0 Å². The van der Waals surface area contributed by atoms with E-state index in [4.69, 9.17) is 5.14 Å². The second-order valence-corrected chi connectivity index (χ2v) is 8.30. The molecule has 0 saturated heterocycles. The number of carbonyl (C=O) groups excluding carboxylic acids is 1. The second-order valence-electron chi connectivity index (χ2n) is 6.74. The third kappa shape index (κ3) is 6.52. The predicted octanol–water partition coefficient (Wildman–Crippen LogP) is 2.39. The van der Waals surface area contributed by atoms with E-state index in [0.29, 0.717) is 25.3 Å². The van der Waals surface area contributed by atoms with Crippen molar-refractivity contribution in [1.82, 2.24) is 4.90 Å². The van der Waals surface area contributed by atoms with Gasteiger partial charge in [-0.15, -0.1) is 0 Å². The minimum Gasteiger partial charge on any atom is -0.370 e. The van der Waals surface area contributed by atoms with E-state index in [1.54, 1.807) is 30.1 Å². The van der Waals surface area contributed by atoms with Crippen LogP contribution in [0.1, 0.15) is 19.4 Å². The number of hydrogen-bond donors (Lipinski definition) is 2. The van der Waals surface area contributed by atoms with Crippen LogP contribution in [0, 0.1) is 5.82 Å². The zero-order chi connectivity index (χ0) is 21.6. The molecule has 0 aliphatic heterocycles. The lowest BCUT2D eigenvalue weighted by molar-refractivity contribution is -0.117. The molecule has 2 rings (SSSR count). The van der Waals surface area contributed by atoms with Crippen LogP contribution in [0.15, 0.2) is 47.4 Å². The maximum atomic E-state index is 13.0. The molecule has 0 aromatic heterocycles. The molecule has 0 aliphatic rings. The molecule has 0 spiro atoms. The van der Waals surface area contributed by atoms with Gasteiger partial charge in [-0.25, -0.2) is 17.9 Å². The first kappa shape index (κ1) is 22.8. The summed E-state index contributed by atoms with van der Waals surface area (Å²) in [6.07, 6.45) is 0. The van der Waals surface area contributed by atoms with Crippen LogP contribution in [0.4, 0.5) is 15.8 Å². The predicted molar refractivity (Wildman–Crippen MR) is 113 cm³/mol. The number of amides is 1. The lowest BCUT2D eigenvalue weighted by Crippen LogP contribution is -2.31. The standard InChI is InChI=1S/C20H27FN4O3S/c1-4-25(5-2)19-11-10-17(29(22,27)28)12-18(19)23-20(26)14-24(3)13-15-6-8-16(21)9-7-15/h6-12H,4-5,13-14H2,1-3H3,(H,23,26)(H2,22,27,28). The van der Waals surface area contributed by atoms with E-state index in [1.807, 2.05) is 18.7 Å². The SMILES string of the molecule is CCN(CC)c1ccc(S(N)(=O)=O)cc1NC(=O)CN(C)Cc1ccc(F)cc1. The Morgan fingerprint density at radius 2 is 1.72 bits per heavy atom. The molecule has 0 radical (unpaired) electrons. The fourth-order valence-electron chi connectivity index (χ4n) is 3.02. The highest BCUT2D eigenvalue weighted by molar-refractivity contribution is 7.89. The lowest BCUT2D eigenvalue weighted by Gasteiger charge is -2.25. The number of benzene rings is 2. The molecule has 158 valence electrons. The number of nitrogens with zero attached hydrogens (tertiary/aromatic N) is 2. The van der Waals surface area contributed by atoms with Crippen molar-refractivity contribution >= 4 is 27.3 Å². The molecule has 0 fully saturated rings. The van der Waals surface area contributed by atoms with Crippen LogP contribution >= 0.6 is 0 Å². The Kier molecular flexibility index (Phi) is 7.72. The van der Waals surface area contributed by atoms with Crippen molar-refractivity contribution in [3.05, 3.63) is 53.8 Å². The monoisotopic (exact) mass is 422 g/mol. The maximum absolute atomic E-state index is 13.0. The van der Waals surface area contributed by atoms with Crippen molar-refractivity contribution in [3.63, 3.8) is 0 Å². The average Bonchev–Trinajstić information content (AvgIpc) is 2.64. The molecule has 29 heavy (non-hydrogen) atoms. The summed E-state index contributed by atoms with van der Waals surface area (Å²) in [5, 5.41) is 8.03. The third-order valence-corrected chi connectivity index (χ3v) is 5.37. The smallest absolute Gasteiger partial charge is 0.238 e. The molecule has 0 unspecified atom stereocenters. The van der Waals surface area contributed by atoms with Gasteiger partial charge >= 0.3 is 0 Å². The van der Waals surface area contributed by atoms with Crippen LogP contribution < -0.4 is 15.4 Å². The van der Waals surface area contributed by atoms with Gasteiger partial charge in [-0.2, -0.15) is 0 Å². The molecule has 3 N–H and O–H groups in total. The van der Waals surface area contributed by atoms with Crippen LogP contribution in [0.25, 0.3) is 0 Å². The number of carbonyl (C=O) groups is 1. The summed E-state index contributed by atoms with van der Waals surface area (Å²) >= 11 is 0. The summed E-state index contributed by atoms with van der Waals surface area (Å²) in [7, 11) is -2.12. The van der Waals surface area contributed by atoms with E-state index in [-0.39, 0.29) is 23.2 Å². The minimum absolute atomic E-state index is 0.0663. The molecule has 7 nitrogen and oxygen atoms in total. The molecule has 0 saturated carbocycles. The van der Waals surface area contributed by atoms with Crippen LogP contribution in [0.5, 0.6) is 0 Å². The first-order chi connectivity index (χ1) is 13.6. The van der Waals surface area contributed by atoms with E-state index in [1.165, 1.54) is 24.3 Å². The fraction of sp³-hybridized carbons (Fsp3) is 0.350. The Bertz CT molecular complexity index is 945. The molecule has 9 heteroatoms. The number of nitrogens with one attached hydrogen (secondary N) is 1. The van der Waals surface area contributed by atoms with Gasteiger partial charge in [-0.1, -0.05) is 12.1 Å². The van der Waals surface area contributed by atoms with Crippen molar-refractivity contribution in [2.75, 3.05) is 36.9 Å². The largest absolute Gasteiger partial charge is 0.370 e. The number of likely N-dealkylation sites (N-methyl/N-ethyl adjacent to an activating group) is 1. The summed E-state index contributed by atoms with van der Waals surface area (Å²) in [5.74, 6) is -0.609. The van der Waals surface area contributed by atoms with Crippen molar-refractivity contribution in [2.45, 2.75) is 25.3 Å². The molecule has 2 aromatic rings. The van der Waals surface area contributed by atoms with Gasteiger partial charge in [-0.3, -0.25) is 9.69 Å². The van der Waals surface area contributed by atoms with Crippen LogP contribution in [0.2, 0.25) is 0 Å². The summed E-state index contributed by atoms with van der Waals surface area (Å²) < 4.78 is 36.4. The zero-order valence-electron chi connectivity index (χ0n) is 16.9. The number of hydrogen-bond acceptors (Lipinski definition) is 5.